The molecule has 3 aromatic rings. The van der Waals surface area contributed by atoms with E-state index in [0.717, 1.165) is 29.6 Å². The van der Waals surface area contributed by atoms with Crippen molar-refractivity contribution in [3.05, 3.63) is 83.2 Å². The molecule has 2 aromatic carbocycles. The van der Waals surface area contributed by atoms with E-state index in [1.807, 2.05) is 41.1 Å². The number of aryl methyl sites for hydroxylation is 1. The summed E-state index contributed by atoms with van der Waals surface area (Å²) in [6.45, 7) is 8.39. The van der Waals surface area contributed by atoms with E-state index in [2.05, 4.69) is 55.7 Å². The largest absolute Gasteiger partial charge is 0.357 e. The standard InChI is InChI=1S/C22H27N5.HI/c1-4-23-22(24-15-19-11-7-5-8-12-19)25-16-21-17(2)26-27(18(21)3)20-13-9-6-10-14-20;/h5-14H,4,15-16H2,1-3H3,(H2,23,24,25);1H. The van der Waals surface area contributed by atoms with Gasteiger partial charge in [-0.15, -0.1) is 24.0 Å². The molecule has 0 fully saturated rings. The average Bonchev–Trinajstić information content (AvgIpc) is 2.99. The molecule has 0 radical (unpaired) electrons. The first kappa shape index (κ1) is 21.9. The van der Waals surface area contributed by atoms with Crippen LogP contribution in [-0.4, -0.2) is 22.3 Å². The first-order valence-electron chi connectivity index (χ1n) is 9.35. The van der Waals surface area contributed by atoms with Crippen LogP contribution in [-0.2, 0) is 13.1 Å². The summed E-state index contributed by atoms with van der Waals surface area (Å²) in [4.78, 5) is 4.69. The van der Waals surface area contributed by atoms with E-state index in [9.17, 15) is 0 Å². The molecule has 1 aromatic heterocycles. The Labute approximate surface area is 184 Å². The topological polar surface area (TPSA) is 54.2 Å². The van der Waals surface area contributed by atoms with Crippen LogP contribution in [0.2, 0.25) is 0 Å². The van der Waals surface area contributed by atoms with Gasteiger partial charge in [-0.25, -0.2) is 9.67 Å². The Morgan fingerprint density at radius 2 is 1.61 bits per heavy atom. The van der Waals surface area contributed by atoms with Gasteiger partial charge in [0.25, 0.3) is 0 Å². The van der Waals surface area contributed by atoms with Crippen LogP contribution >= 0.6 is 24.0 Å². The van der Waals surface area contributed by atoms with Crippen LogP contribution in [0.15, 0.2) is 65.7 Å². The fraction of sp³-hybridized carbons (Fsp3) is 0.273. The zero-order valence-corrected chi connectivity index (χ0v) is 19.0. The Hall–Kier alpha value is -2.35. The molecule has 0 spiro atoms. The highest BCUT2D eigenvalue weighted by molar-refractivity contribution is 14.0. The fourth-order valence-corrected chi connectivity index (χ4v) is 3.02. The summed E-state index contributed by atoms with van der Waals surface area (Å²) in [7, 11) is 0. The van der Waals surface area contributed by atoms with E-state index < -0.39 is 0 Å². The lowest BCUT2D eigenvalue weighted by Gasteiger charge is -2.12. The van der Waals surface area contributed by atoms with E-state index in [0.29, 0.717) is 13.1 Å². The number of benzene rings is 2. The van der Waals surface area contributed by atoms with Crippen LogP contribution in [0.4, 0.5) is 0 Å². The lowest BCUT2D eigenvalue weighted by atomic mass is 10.2. The molecule has 0 atom stereocenters. The lowest BCUT2D eigenvalue weighted by Crippen LogP contribution is -2.37. The average molecular weight is 489 g/mol. The summed E-state index contributed by atoms with van der Waals surface area (Å²) in [5, 5.41) is 11.5. The maximum Gasteiger partial charge on any atom is 0.191 e. The smallest absolute Gasteiger partial charge is 0.191 e. The van der Waals surface area contributed by atoms with E-state index >= 15 is 0 Å². The maximum atomic E-state index is 4.71. The number of rotatable bonds is 6. The molecule has 0 amide bonds. The van der Waals surface area contributed by atoms with Crippen molar-refractivity contribution in [2.24, 2.45) is 4.99 Å². The number of para-hydroxylation sites is 1. The molecule has 0 bridgehead atoms. The molecule has 2 N–H and O–H groups in total. The predicted molar refractivity (Wildman–Crippen MR) is 127 cm³/mol. The summed E-state index contributed by atoms with van der Waals surface area (Å²) >= 11 is 0. The minimum Gasteiger partial charge on any atom is -0.357 e. The number of nitrogens with zero attached hydrogens (tertiary/aromatic N) is 3. The SMILES string of the molecule is CCNC(=NCc1ccccc1)NCc1c(C)nn(-c2ccccc2)c1C.I. The Morgan fingerprint density at radius 3 is 2.25 bits per heavy atom. The highest BCUT2D eigenvalue weighted by Crippen LogP contribution is 2.17. The van der Waals surface area contributed by atoms with Crippen molar-refractivity contribution < 1.29 is 0 Å². The van der Waals surface area contributed by atoms with Gasteiger partial charge in [-0.3, -0.25) is 0 Å². The molecule has 148 valence electrons. The minimum absolute atomic E-state index is 0. The summed E-state index contributed by atoms with van der Waals surface area (Å²) in [6.07, 6.45) is 0. The predicted octanol–water partition coefficient (Wildman–Crippen LogP) is 4.36. The van der Waals surface area contributed by atoms with Gasteiger partial charge >= 0.3 is 0 Å². The van der Waals surface area contributed by atoms with Crippen LogP contribution in [0, 0.1) is 13.8 Å². The third kappa shape index (κ3) is 5.58. The van der Waals surface area contributed by atoms with Crippen molar-refractivity contribution in [2.45, 2.75) is 33.9 Å². The van der Waals surface area contributed by atoms with Crippen molar-refractivity contribution in [1.82, 2.24) is 20.4 Å². The van der Waals surface area contributed by atoms with Gasteiger partial charge in [0.05, 0.1) is 17.9 Å². The van der Waals surface area contributed by atoms with Gasteiger partial charge in [0.15, 0.2) is 5.96 Å². The quantitative estimate of drug-likeness (QED) is 0.307. The van der Waals surface area contributed by atoms with Crippen LogP contribution in [0.5, 0.6) is 0 Å². The van der Waals surface area contributed by atoms with Crippen LogP contribution < -0.4 is 10.6 Å². The number of aliphatic imine (C=N–C) groups is 1. The molecule has 1 heterocycles. The highest BCUT2D eigenvalue weighted by atomic mass is 127. The Kier molecular flexibility index (Phi) is 8.50. The van der Waals surface area contributed by atoms with Crippen molar-refractivity contribution >= 4 is 29.9 Å². The molecule has 0 aliphatic heterocycles. The second-order valence-corrected chi connectivity index (χ2v) is 6.43. The molecular weight excluding hydrogens is 461 g/mol. The lowest BCUT2D eigenvalue weighted by molar-refractivity contribution is 0.805. The van der Waals surface area contributed by atoms with Crippen molar-refractivity contribution in [2.75, 3.05) is 6.54 Å². The molecule has 0 saturated heterocycles. The van der Waals surface area contributed by atoms with Crippen molar-refractivity contribution in [1.29, 1.82) is 0 Å². The molecule has 6 heteroatoms. The number of hydrogen-bond acceptors (Lipinski definition) is 2. The summed E-state index contributed by atoms with van der Waals surface area (Å²) in [5.41, 5.74) is 5.64. The Balaban J connectivity index is 0.00000280. The van der Waals surface area contributed by atoms with E-state index in [-0.39, 0.29) is 24.0 Å². The summed E-state index contributed by atoms with van der Waals surface area (Å²) in [6, 6.07) is 20.5. The van der Waals surface area contributed by atoms with E-state index in [1.54, 1.807) is 0 Å². The van der Waals surface area contributed by atoms with Gasteiger partial charge in [0.1, 0.15) is 0 Å². The first-order chi connectivity index (χ1) is 13.2. The Bertz CT molecular complexity index is 888. The summed E-state index contributed by atoms with van der Waals surface area (Å²) in [5.74, 6) is 0.813. The van der Waals surface area contributed by atoms with Crippen molar-refractivity contribution in [3.63, 3.8) is 0 Å². The fourth-order valence-electron chi connectivity index (χ4n) is 3.02. The first-order valence-corrected chi connectivity index (χ1v) is 9.35. The van der Waals surface area contributed by atoms with Crippen molar-refractivity contribution in [3.8, 4) is 5.69 Å². The normalized spacial score (nSPS) is 11.0. The van der Waals surface area contributed by atoms with Gasteiger partial charge in [-0.1, -0.05) is 48.5 Å². The molecule has 0 unspecified atom stereocenters. The zero-order valence-electron chi connectivity index (χ0n) is 16.6. The number of guanidine groups is 1. The molecule has 28 heavy (non-hydrogen) atoms. The van der Waals surface area contributed by atoms with Gasteiger partial charge in [0.2, 0.25) is 0 Å². The molecule has 3 rings (SSSR count). The van der Waals surface area contributed by atoms with Crippen LogP contribution in [0.1, 0.15) is 29.4 Å². The monoisotopic (exact) mass is 489 g/mol. The number of aromatic nitrogens is 2. The second-order valence-electron chi connectivity index (χ2n) is 6.43. The van der Waals surface area contributed by atoms with Crippen LogP contribution in [0.25, 0.3) is 5.69 Å². The third-order valence-corrected chi connectivity index (χ3v) is 4.48. The van der Waals surface area contributed by atoms with E-state index in [1.165, 1.54) is 11.1 Å². The zero-order chi connectivity index (χ0) is 19.1. The Morgan fingerprint density at radius 1 is 0.964 bits per heavy atom. The maximum absolute atomic E-state index is 4.71. The van der Waals surface area contributed by atoms with Gasteiger partial charge < -0.3 is 10.6 Å². The highest BCUT2D eigenvalue weighted by Gasteiger charge is 2.13. The minimum atomic E-state index is 0. The molecular formula is C22H28IN5. The molecule has 0 aliphatic rings. The number of nitrogens with one attached hydrogen (secondary N) is 2. The molecule has 5 nitrogen and oxygen atoms in total. The van der Waals surface area contributed by atoms with Crippen LogP contribution in [0.3, 0.4) is 0 Å². The van der Waals surface area contributed by atoms with Gasteiger partial charge in [-0.2, -0.15) is 5.10 Å². The van der Waals surface area contributed by atoms with Gasteiger partial charge in [-0.05, 0) is 38.5 Å². The van der Waals surface area contributed by atoms with Gasteiger partial charge in [0, 0.05) is 24.3 Å². The number of halogens is 1. The second kappa shape index (κ2) is 10.8. The molecule has 0 aliphatic carbocycles. The van der Waals surface area contributed by atoms with E-state index in [4.69, 9.17) is 10.1 Å². The summed E-state index contributed by atoms with van der Waals surface area (Å²) < 4.78 is 2.00. The molecule has 0 saturated carbocycles. The third-order valence-electron chi connectivity index (χ3n) is 4.48. The number of hydrogen-bond donors (Lipinski definition) is 2.